The third kappa shape index (κ3) is 3.16. The minimum absolute atomic E-state index is 0.0912. The third-order valence-electron chi connectivity index (χ3n) is 2.98. The largest absolute Gasteiger partial charge is 0.322 e. The van der Waals surface area contributed by atoms with E-state index < -0.39 is 5.54 Å². The minimum atomic E-state index is -0.676. The van der Waals surface area contributed by atoms with Crippen LogP contribution in [0.1, 0.15) is 33.3 Å². The fraction of sp³-hybridized carbons (Fsp3) is 0.467. The number of hydrogen-bond acceptors (Lipinski definition) is 4. The highest BCUT2D eigenvalue weighted by atomic mass is 32.1. The van der Waals surface area contributed by atoms with E-state index in [0.29, 0.717) is 18.0 Å². The zero-order valence-electron chi connectivity index (χ0n) is 12.4. The zero-order valence-corrected chi connectivity index (χ0v) is 13.2. The summed E-state index contributed by atoms with van der Waals surface area (Å²) < 4.78 is 1.55. The van der Waals surface area contributed by atoms with E-state index in [4.69, 9.17) is 5.73 Å². The monoisotopic (exact) mass is 291 g/mol. The van der Waals surface area contributed by atoms with E-state index in [1.165, 1.54) is 0 Å². The van der Waals surface area contributed by atoms with Gasteiger partial charge in [0.1, 0.15) is 5.69 Å². The van der Waals surface area contributed by atoms with E-state index in [1.807, 2.05) is 37.4 Å². The van der Waals surface area contributed by atoms with Crippen LogP contribution in [0.3, 0.4) is 0 Å². The van der Waals surface area contributed by atoms with Crippen molar-refractivity contribution in [1.29, 1.82) is 0 Å². The molecule has 0 saturated heterocycles. The predicted molar refractivity (Wildman–Crippen MR) is 83.9 cm³/mol. The summed E-state index contributed by atoms with van der Waals surface area (Å²) in [6.07, 6.45) is 0. The summed E-state index contributed by atoms with van der Waals surface area (Å²) in [4.78, 5) is 13.5. The predicted octanol–water partition coefficient (Wildman–Crippen LogP) is 2.82. The normalized spacial score (nSPS) is 12.1. The Kier molecular flexibility index (Phi) is 4.11. The Morgan fingerprint density at radius 1 is 1.45 bits per heavy atom. The number of rotatable bonds is 4. The van der Waals surface area contributed by atoms with Gasteiger partial charge in [0.05, 0.1) is 4.88 Å². The molecule has 2 aromatic rings. The molecule has 0 atom stereocenters. The summed E-state index contributed by atoms with van der Waals surface area (Å²) in [5.41, 5.74) is 6.80. The number of hydrogen-bond donors (Lipinski definition) is 1. The molecule has 2 N–H and O–H groups in total. The van der Waals surface area contributed by atoms with Gasteiger partial charge in [0, 0.05) is 17.6 Å². The molecule has 5 heteroatoms. The second-order valence-corrected chi connectivity index (χ2v) is 6.97. The minimum Gasteiger partial charge on any atom is -0.322 e. The first-order chi connectivity index (χ1) is 9.29. The summed E-state index contributed by atoms with van der Waals surface area (Å²) in [5, 5.41) is 6.49. The quantitative estimate of drug-likeness (QED) is 0.942. The molecule has 2 heterocycles. The summed E-state index contributed by atoms with van der Waals surface area (Å²) in [6.45, 7) is 8.43. The molecule has 0 spiro atoms. The van der Waals surface area contributed by atoms with Gasteiger partial charge in [-0.2, -0.15) is 5.10 Å². The van der Waals surface area contributed by atoms with Crippen LogP contribution in [0.5, 0.6) is 0 Å². The van der Waals surface area contributed by atoms with Gasteiger partial charge >= 0.3 is 0 Å². The standard InChI is InChI=1S/C15H21N3OS/c1-10(2)9-18-14(19)11(15(3,4)16)8-12(17-18)13-6-5-7-20-13/h5-8,10H,9,16H2,1-4H3. The summed E-state index contributed by atoms with van der Waals surface area (Å²) >= 11 is 1.61. The van der Waals surface area contributed by atoms with E-state index >= 15 is 0 Å². The van der Waals surface area contributed by atoms with Crippen LogP contribution >= 0.6 is 11.3 Å². The first-order valence-corrected chi connectivity index (χ1v) is 7.62. The topological polar surface area (TPSA) is 60.9 Å². The fourth-order valence-electron chi connectivity index (χ4n) is 2.02. The molecule has 0 aromatic carbocycles. The van der Waals surface area contributed by atoms with Crippen molar-refractivity contribution in [2.45, 2.75) is 39.8 Å². The highest BCUT2D eigenvalue weighted by Crippen LogP contribution is 2.24. The number of thiophene rings is 1. The summed E-state index contributed by atoms with van der Waals surface area (Å²) in [7, 11) is 0. The second-order valence-electron chi connectivity index (χ2n) is 6.02. The van der Waals surface area contributed by atoms with Crippen molar-refractivity contribution in [3.05, 3.63) is 39.5 Å². The highest BCUT2D eigenvalue weighted by Gasteiger charge is 2.22. The van der Waals surface area contributed by atoms with E-state index in [2.05, 4.69) is 18.9 Å². The molecule has 0 fully saturated rings. The maximum absolute atomic E-state index is 12.5. The van der Waals surface area contributed by atoms with Gasteiger partial charge in [-0.15, -0.1) is 11.3 Å². The van der Waals surface area contributed by atoms with Crippen LogP contribution in [0.2, 0.25) is 0 Å². The molecule has 2 rings (SSSR count). The van der Waals surface area contributed by atoms with E-state index in [0.717, 1.165) is 10.6 Å². The van der Waals surface area contributed by atoms with Crippen molar-refractivity contribution in [2.24, 2.45) is 11.7 Å². The fourth-order valence-corrected chi connectivity index (χ4v) is 2.70. The molecule has 0 bridgehead atoms. The van der Waals surface area contributed by atoms with Crippen molar-refractivity contribution in [1.82, 2.24) is 9.78 Å². The van der Waals surface area contributed by atoms with Gasteiger partial charge in [0.15, 0.2) is 0 Å². The molecule has 4 nitrogen and oxygen atoms in total. The van der Waals surface area contributed by atoms with Crippen LogP contribution in [0.4, 0.5) is 0 Å². The molecule has 0 saturated carbocycles. The van der Waals surface area contributed by atoms with Gasteiger partial charge in [-0.1, -0.05) is 19.9 Å². The Morgan fingerprint density at radius 2 is 2.15 bits per heavy atom. The Morgan fingerprint density at radius 3 is 2.65 bits per heavy atom. The van der Waals surface area contributed by atoms with Crippen molar-refractivity contribution >= 4 is 11.3 Å². The molecular formula is C15H21N3OS. The molecule has 0 aliphatic heterocycles. The van der Waals surface area contributed by atoms with Gasteiger partial charge in [-0.25, -0.2) is 4.68 Å². The summed E-state index contributed by atoms with van der Waals surface area (Å²) in [5.74, 6) is 0.354. The van der Waals surface area contributed by atoms with E-state index in [1.54, 1.807) is 16.0 Å². The molecule has 2 aromatic heterocycles. The summed E-state index contributed by atoms with van der Waals surface area (Å²) in [6, 6.07) is 5.81. The van der Waals surface area contributed by atoms with E-state index in [9.17, 15) is 4.79 Å². The van der Waals surface area contributed by atoms with Crippen LogP contribution in [0.15, 0.2) is 28.4 Å². The Labute approximate surface area is 123 Å². The average molecular weight is 291 g/mol. The number of nitrogens with two attached hydrogens (primary N) is 1. The Bertz CT molecular complexity index is 636. The highest BCUT2D eigenvalue weighted by molar-refractivity contribution is 7.13. The second kappa shape index (κ2) is 5.50. The molecule has 108 valence electrons. The van der Waals surface area contributed by atoms with Crippen molar-refractivity contribution in [2.75, 3.05) is 0 Å². The molecule has 0 aliphatic carbocycles. The maximum Gasteiger partial charge on any atom is 0.271 e. The smallest absolute Gasteiger partial charge is 0.271 e. The molecule has 0 unspecified atom stereocenters. The lowest BCUT2D eigenvalue weighted by Gasteiger charge is -2.20. The van der Waals surface area contributed by atoms with Gasteiger partial charge < -0.3 is 5.73 Å². The van der Waals surface area contributed by atoms with E-state index in [-0.39, 0.29) is 5.56 Å². The lowest BCUT2D eigenvalue weighted by Crippen LogP contribution is -2.39. The van der Waals surface area contributed by atoms with Crippen LogP contribution in [-0.2, 0) is 12.1 Å². The number of nitrogens with zero attached hydrogens (tertiary/aromatic N) is 2. The number of aromatic nitrogens is 2. The molecule has 0 amide bonds. The van der Waals surface area contributed by atoms with Crippen LogP contribution in [-0.4, -0.2) is 9.78 Å². The third-order valence-corrected chi connectivity index (χ3v) is 3.87. The van der Waals surface area contributed by atoms with Gasteiger partial charge in [0.2, 0.25) is 0 Å². The van der Waals surface area contributed by atoms with Crippen molar-refractivity contribution in [3.63, 3.8) is 0 Å². The van der Waals surface area contributed by atoms with Gasteiger partial charge in [-0.05, 0) is 37.3 Å². The SMILES string of the molecule is CC(C)Cn1nc(-c2cccs2)cc(C(C)(C)N)c1=O. The molecule has 0 radical (unpaired) electrons. The molecule has 0 aliphatic rings. The first kappa shape index (κ1) is 14.9. The zero-order chi connectivity index (χ0) is 14.9. The molecule has 20 heavy (non-hydrogen) atoms. The lowest BCUT2D eigenvalue weighted by molar-refractivity contribution is 0.448. The maximum atomic E-state index is 12.5. The van der Waals surface area contributed by atoms with Crippen LogP contribution in [0.25, 0.3) is 10.6 Å². The lowest BCUT2D eigenvalue weighted by atomic mass is 9.96. The van der Waals surface area contributed by atoms with Gasteiger partial charge in [0.25, 0.3) is 5.56 Å². The Balaban J connectivity index is 2.63. The van der Waals surface area contributed by atoms with Crippen LogP contribution in [0, 0.1) is 5.92 Å². The van der Waals surface area contributed by atoms with Crippen molar-refractivity contribution in [3.8, 4) is 10.6 Å². The molecular weight excluding hydrogens is 270 g/mol. The Hall–Kier alpha value is -1.46. The first-order valence-electron chi connectivity index (χ1n) is 6.74. The van der Waals surface area contributed by atoms with Crippen molar-refractivity contribution < 1.29 is 0 Å². The average Bonchev–Trinajstić information content (AvgIpc) is 2.83. The van der Waals surface area contributed by atoms with Gasteiger partial charge in [-0.3, -0.25) is 4.79 Å². The van der Waals surface area contributed by atoms with Crippen LogP contribution < -0.4 is 11.3 Å².